The first-order valence-corrected chi connectivity index (χ1v) is 22.9. The van der Waals surface area contributed by atoms with Crippen molar-refractivity contribution in [1.29, 1.82) is 0 Å². The van der Waals surface area contributed by atoms with E-state index < -0.39 is 0 Å². The number of nitrogens with zero attached hydrogens (tertiary/aromatic N) is 8. The van der Waals surface area contributed by atoms with Gasteiger partial charge in [0.25, 0.3) is 0 Å². The van der Waals surface area contributed by atoms with Crippen LogP contribution in [0.4, 0.5) is 0 Å². The SMILES string of the molecule is c1ccc(-c2nc3nc(-n4c5ccccc5c5ccc6c7ccccc7n(-c7ccccc7)c6c54)cnc3nc2-n2c3ccccc3c3c2ccc2c4ccccc4n(-c4ccccc4)c23)cc1. The summed E-state index contributed by atoms with van der Waals surface area (Å²) in [5.74, 6) is 1.35. The van der Waals surface area contributed by atoms with Gasteiger partial charge in [-0.1, -0.05) is 158 Å². The Labute approximate surface area is 387 Å². The van der Waals surface area contributed by atoms with E-state index in [0.29, 0.717) is 28.6 Å². The molecule has 8 heteroatoms. The molecule has 0 N–H and O–H groups in total. The molecule has 0 saturated heterocycles. The lowest BCUT2D eigenvalue weighted by molar-refractivity contribution is 1.02. The maximum absolute atomic E-state index is 5.49. The zero-order chi connectivity index (χ0) is 44.5. The molecule has 0 unspecified atom stereocenters. The smallest absolute Gasteiger partial charge is 0.200 e. The van der Waals surface area contributed by atoms with Gasteiger partial charge in [-0.15, -0.1) is 0 Å². The van der Waals surface area contributed by atoms with Crippen LogP contribution in [0.3, 0.4) is 0 Å². The molecule has 68 heavy (non-hydrogen) atoms. The summed E-state index contributed by atoms with van der Waals surface area (Å²) in [6.45, 7) is 0. The van der Waals surface area contributed by atoms with Crippen molar-refractivity contribution in [3.8, 4) is 34.3 Å². The van der Waals surface area contributed by atoms with Gasteiger partial charge >= 0.3 is 0 Å². The lowest BCUT2D eigenvalue weighted by Crippen LogP contribution is -2.07. The summed E-state index contributed by atoms with van der Waals surface area (Å²) in [6.07, 6.45) is 1.86. The second kappa shape index (κ2) is 14.1. The summed E-state index contributed by atoms with van der Waals surface area (Å²) >= 11 is 0. The highest BCUT2D eigenvalue weighted by molar-refractivity contribution is 6.27. The minimum absolute atomic E-state index is 0.457. The molecule has 9 aromatic carbocycles. The topological polar surface area (TPSA) is 71.3 Å². The van der Waals surface area contributed by atoms with Gasteiger partial charge in [0.1, 0.15) is 5.69 Å². The second-order valence-electron chi connectivity index (χ2n) is 17.4. The Morgan fingerprint density at radius 1 is 0.294 bits per heavy atom. The number of rotatable bonds is 5. The van der Waals surface area contributed by atoms with Crippen molar-refractivity contribution in [1.82, 2.24) is 38.2 Å². The fourth-order valence-corrected chi connectivity index (χ4v) is 11.0. The van der Waals surface area contributed by atoms with Crippen LogP contribution < -0.4 is 0 Å². The second-order valence-corrected chi connectivity index (χ2v) is 17.4. The van der Waals surface area contributed by atoms with Gasteiger partial charge in [0, 0.05) is 60.0 Å². The summed E-state index contributed by atoms with van der Waals surface area (Å²) in [4.78, 5) is 21.6. The van der Waals surface area contributed by atoms with Crippen molar-refractivity contribution in [3.63, 3.8) is 0 Å². The molecule has 15 aromatic rings. The molecular formula is C60H36N8. The molecule has 0 fully saturated rings. The van der Waals surface area contributed by atoms with Crippen LogP contribution in [0.2, 0.25) is 0 Å². The first-order valence-electron chi connectivity index (χ1n) is 22.9. The lowest BCUT2D eigenvalue weighted by atomic mass is 10.1. The van der Waals surface area contributed by atoms with E-state index in [1.54, 1.807) is 0 Å². The number of para-hydroxylation sites is 6. The van der Waals surface area contributed by atoms with Crippen molar-refractivity contribution in [2.24, 2.45) is 0 Å². The van der Waals surface area contributed by atoms with E-state index in [2.05, 4.69) is 225 Å². The van der Waals surface area contributed by atoms with Gasteiger partial charge < -0.3 is 9.13 Å². The van der Waals surface area contributed by atoms with E-state index in [9.17, 15) is 0 Å². The van der Waals surface area contributed by atoms with Crippen LogP contribution in [0, 0.1) is 0 Å². The average Bonchev–Trinajstić information content (AvgIpc) is 4.14. The maximum atomic E-state index is 5.49. The zero-order valence-electron chi connectivity index (χ0n) is 36.4. The van der Waals surface area contributed by atoms with E-state index in [1.165, 1.54) is 16.2 Å². The summed E-state index contributed by atoms with van der Waals surface area (Å²) in [5.41, 5.74) is 13.4. The third-order valence-corrected chi connectivity index (χ3v) is 13.8. The highest BCUT2D eigenvalue weighted by Crippen LogP contribution is 2.44. The molecule has 0 atom stereocenters. The molecule has 316 valence electrons. The minimum atomic E-state index is 0.457. The van der Waals surface area contributed by atoms with Crippen molar-refractivity contribution in [2.75, 3.05) is 0 Å². The van der Waals surface area contributed by atoms with Gasteiger partial charge in [0.2, 0.25) is 5.65 Å². The number of benzene rings is 9. The molecule has 0 aliphatic rings. The molecule has 0 aliphatic heterocycles. The zero-order valence-corrected chi connectivity index (χ0v) is 36.4. The molecule has 8 nitrogen and oxygen atoms in total. The Balaban J connectivity index is 1.03. The molecular weight excluding hydrogens is 833 g/mol. The van der Waals surface area contributed by atoms with Crippen LogP contribution in [-0.4, -0.2) is 38.2 Å². The lowest BCUT2D eigenvalue weighted by Gasteiger charge is -2.14. The maximum Gasteiger partial charge on any atom is 0.200 e. The Morgan fingerprint density at radius 3 is 1.35 bits per heavy atom. The Hall–Kier alpha value is -9.40. The van der Waals surface area contributed by atoms with Crippen LogP contribution in [0.5, 0.6) is 0 Å². The van der Waals surface area contributed by atoms with E-state index in [1.807, 2.05) is 12.3 Å². The van der Waals surface area contributed by atoms with Crippen molar-refractivity contribution in [2.45, 2.75) is 0 Å². The Bertz CT molecular complexity index is 4540. The Kier molecular flexibility index (Phi) is 7.62. The standard InChI is InChI=1S/C60H36N8/c1-4-18-37(19-5-1)54-60(67-50-31-17-13-27-46(50)53-51(67)35-34-43-40-24-10-14-28-47(40)65(55(43)53)38-20-6-2-7-21-38)64-58-59(63-54)62-52(36-61-58)68-49-30-16-12-26-42(49)45-33-32-44-41-25-11-15-29-48(41)66(56(44)57(45)68)39-22-8-3-9-23-39/h1-36H. The van der Waals surface area contributed by atoms with Gasteiger partial charge in [-0.2, -0.15) is 0 Å². The highest BCUT2D eigenvalue weighted by Gasteiger charge is 2.26. The molecule has 6 aromatic heterocycles. The molecule has 0 radical (unpaired) electrons. The first-order chi connectivity index (χ1) is 33.8. The number of aromatic nitrogens is 8. The fourth-order valence-electron chi connectivity index (χ4n) is 11.0. The molecule has 0 amide bonds. The van der Waals surface area contributed by atoms with Crippen molar-refractivity contribution >= 4 is 98.5 Å². The fraction of sp³-hybridized carbons (Fsp3) is 0. The van der Waals surface area contributed by atoms with E-state index >= 15 is 0 Å². The average molecular weight is 869 g/mol. The van der Waals surface area contributed by atoms with Gasteiger partial charge in [-0.25, -0.2) is 19.9 Å². The van der Waals surface area contributed by atoms with E-state index in [0.717, 1.165) is 88.0 Å². The molecule has 0 aliphatic carbocycles. The minimum Gasteiger partial charge on any atom is -0.309 e. The molecule has 0 spiro atoms. The third kappa shape index (κ3) is 5.08. The largest absolute Gasteiger partial charge is 0.309 e. The molecule has 0 bridgehead atoms. The van der Waals surface area contributed by atoms with E-state index in [4.69, 9.17) is 19.9 Å². The monoisotopic (exact) mass is 868 g/mol. The normalized spacial score (nSPS) is 12.1. The molecule has 15 rings (SSSR count). The van der Waals surface area contributed by atoms with Gasteiger partial charge in [0.05, 0.1) is 50.3 Å². The van der Waals surface area contributed by atoms with Crippen LogP contribution >= 0.6 is 0 Å². The van der Waals surface area contributed by atoms with E-state index in [-0.39, 0.29) is 0 Å². The number of fused-ring (bicyclic) bond motifs is 15. The summed E-state index contributed by atoms with van der Waals surface area (Å²) in [5, 5.41) is 9.29. The van der Waals surface area contributed by atoms with Crippen LogP contribution in [0.25, 0.3) is 133 Å². The first kappa shape index (κ1) is 36.9. The van der Waals surface area contributed by atoms with Crippen LogP contribution in [0.1, 0.15) is 0 Å². The van der Waals surface area contributed by atoms with Gasteiger partial charge in [-0.05, 0) is 54.6 Å². The van der Waals surface area contributed by atoms with Gasteiger partial charge in [-0.3, -0.25) is 9.13 Å². The third-order valence-electron chi connectivity index (χ3n) is 13.8. The molecule has 0 saturated carbocycles. The molecule has 6 heterocycles. The summed E-state index contributed by atoms with van der Waals surface area (Å²) in [6, 6.07) is 75.2. The van der Waals surface area contributed by atoms with Crippen LogP contribution in [-0.2, 0) is 0 Å². The van der Waals surface area contributed by atoms with Crippen molar-refractivity contribution in [3.05, 3.63) is 219 Å². The van der Waals surface area contributed by atoms with Crippen molar-refractivity contribution < 1.29 is 0 Å². The predicted octanol–water partition coefficient (Wildman–Crippen LogP) is 14.5. The Morgan fingerprint density at radius 2 is 0.750 bits per heavy atom. The van der Waals surface area contributed by atoms with Crippen LogP contribution in [0.15, 0.2) is 219 Å². The highest BCUT2D eigenvalue weighted by atomic mass is 15.2. The summed E-state index contributed by atoms with van der Waals surface area (Å²) < 4.78 is 9.32. The quantitative estimate of drug-likeness (QED) is 0.173. The van der Waals surface area contributed by atoms with Gasteiger partial charge in [0.15, 0.2) is 17.3 Å². The predicted molar refractivity (Wildman–Crippen MR) is 278 cm³/mol. The number of hydrogen-bond acceptors (Lipinski definition) is 4. The number of hydrogen-bond donors (Lipinski definition) is 0. The summed E-state index contributed by atoms with van der Waals surface area (Å²) in [7, 11) is 0.